The Labute approximate surface area is 110 Å². The molecule has 0 spiro atoms. The molecule has 0 atom stereocenters. The van der Waals surface area contributed by atoms with Crippen LogP contribution in [0.5, 0.6) is 0 Å². The molecule has 5 heteroatoms. The van der Waals surface area contributed by atoms with E-state index in [4.69, 9.17) is 10.9 Å². The van der Waals surface area contributed by atoms with E-state index >= 15 is 0 Å². The quantitative estimate of drug-likeness (QED) is 0.339. The van der Waals surface area contributed by atoms with Crippen molar-refractivity contribution in [2.75, 3.05) is 5.32 Å². The van der Waals surface area contributed by atoms with Crippen molar-refractivity contribution in [1.82, 2.24) is 0 Å². The second kappa shape index (κ2) is 5.68. The molecule has 5 nitrogen and oxygen atoms in total. The summed E-state index contributed by atoms with van der Waals surface area (Å²) >= 11 is 0. The molecule has 1 amide bonds. The molecule has 0 aliphatic heterocycles. The molecule has 0 unspecified atom stereocenters. The number of benzene rings is 2. The lowest BCUT2D eigenvalue weighted by molar-refractivity contribution is 0.102. The second-order valence-electron chi connectivity index (χ2n) is 3.88. The molecule has 2 aromatic rings. The molecule has 0 aliphatic rings. The van der Waals surface area contributed by atoms with Crippen molar-refractivity contribution in [2.24, 2.45) is 10.9 Å². The molecule has 0 heterocycles. The molecule has 0 radical (unpaired) electrons. The molecule has 2 aromatic carbocycles. The van der Waals surface area contributed by atoms with Crippen LogP contribution in [-0.2, 0) is 0 Å². The molecule has 0 saturated heterocycles. The minimum atomic E-state index is -0.183. The Bertz CT molecular complexity index is 592. The van der Waals surface area contributed by atoms with E-state index < -0.39 is 0 Å². The molecular weight excluding hydrogens is 242 g/mol. The normalized spacial score (nSPS) is 11.1. The number of hydrogen-bond donors (Lipinski definition) is 3. The van der Waals surface area contributed by atoms with Gasteiger partial charge >= 0.3 is 0 Å². The van der Waals surface area contributed by atoms with E-state index in [-0.39, 0.29) is 11.7 Å². The maximum Gasteiger partial charge on any atom is 0.255 e. The minimum absolute atomic E-state index is 0.0286. The minimum Gasteiger partial charge on any atom is -0.409 e. The first kappa shape index (κ1) is 12.6. The van der Waals surface area contributed by atoms with E-state index in [0.717, 1.165) is 0 Å². The summed E-state index contributed by atoms with van der Waals surface area (Å²) in [6, 6.07) is 15.6. The van der Waals surface area contributed by atoms with E-state index in [2.05, 4.69) is 10.5 Å². The van der Waals surface area contributed by atoms with Gasteiger partial charge in [-0.3, -0.25) is 4.79 Å². The highest BCUT2D eigenvalue weighted by Crippen LogP contribution is 2.11. The summed E-state index contributed by atoms with van der Waals surface area (Å²) in [4.78, 5) is 11.9. The highest BCUT2D eigenvalue weighted by atomic mass is 16.4. The second-order valence-corrected chi connectivity index (χ2v) is 3.88. The number of oxime groups is 1. The summed E-state index contributed by atoms with van der Waals surface area (Å²) in [5, 5.41) is 14.2. The number of carbonyl (C=O) groups excluding carboxylic acids is 1. The van der Waals surface area contributed by atoms with Gasteiger partial charge in [0.25, 0.3) is 5.91 Å². The summed E-state index contributed by atoms with van der Waals surface area (Å²) in [5.74, 6) is -0.155. The van der Waals surface area contributed by atoms with Gasteiger partial charge in [0.1, 0.15) is 0 Å². The number of amidine groups is 1. The number of hydrogen-bond acceptors (Lipinski definition) is 3. The predicted octanol–water partition coefficient (Wildman–Crippen LogP) is 2.03. The Morgan fingerprint density at radius 3 is 2.21 bits per heavy atom. The van der Waals surface area contributed by atoms with Crippen molar-refractivity contribution >= 4 is 17.4 Å². The summed E-state index contributed by atoms with van der Waals surface area (Å²) in [6.07, 6.45) is 0. The number of carbonyl (C=O) groups is 1. The van der Waals surface area contributed by atoms with E-state index in [9.17, 15) is 4.79 Å². The molecular formula is C14H13N3O2. The van der Waals surface area contributed by atoms with Gasteiger partial charge in [-0.25, -0.2) is 0 Å². The van der Waals surface area contributed by atoms with Crippen molar-refractivity contribution in [1.29, 1.82) is 0 Å². The summed E-state index contributed by atoms with van der Waals surface area (Å²) in [5.41, 5.74) is 7.26. The van der Waals surface area contributed by atoms with Gasteiger partial charge in [0.2, 0.25) is 0 Å². The van der Waals surface area contributed by atoms with Crippen molar-refractivity contribution < 1.29 is 10.0 Å². The lowest BCUT2D eigenvalue weighted by Crippen LogP contribution is -2.14. The first-order valence-electron chi connectivity index (χ1n) is 5.65. The van der Waals surface area contributed by atoms with Gasteiger partial charge in [0.05, 0.1) is 0 Å². The fourth-order valence-electron chi connectivity index (χ4n) is 1.57. The van der Waals surface area contributed by atoms with Crippen LogP contribution in [0.3, 0.4) is 0 Å². The van der Waals surface area contributed by atoms with Crippen LogP contribution in [0.4, 0.5) is 5.69 Å². The summed E-state index contributed by atoms with van der Waals surface area (Å²) < 4.78 is 0. The van der Waals surface area contributed by atoms with E-state index in [1.807, 2.05) is 6.07 Å². The number of amides is 1. The molecule has 0 aromatic heterocycles. The fraction of sp³-hybridized carbons (Fsp3) is 0. The zero-order valence-corrected chi connectivity index (χ0v) is 10.1. The van der Waals surface area contributed by atoms with Crippen LogP contribution in [0.2, 0.25) is 0 Å². The molecule has 0 fully saturated rings. The average molecular weight is 255 g/mol. The van der Waals surface area contributed by atoms with Crippen molar-refractivity contribution in [3.63, 3.8) is 0 Å². The van der Waals surface area contributed by atoms with Crippen LogP contribution in [0.15, 0.2) is 59.8 Å². The van der Waals surface area contributed by atoms with Gasteiger partial charge in [-0.15, -0.1) is 0 Å². The Morgan fingerprint density at radius 2 is 1.63 bits per heavy atom. The van der Waals surface area contributed by atoms with Crippen LogP contribution < -0.4 is 11.1 Å². The number of nitrogens with zero attached hydrogens (tertiary/aromatic N) is 1. The Morgan fingerprint density at radius 1 is 1.00 bits per heavy atom. The van der Waals surface area contributed by atoms with Crippen LogP contribution >= 0.6 is 0 Å². The third-order valence-corrected chi connectivity index (χ3v) is 2.58. The maximum absolute atomic E-state index is 11.9. The van der Waals surface area contributed by atoms with E-state index in [1.165, 1.54) is 0 Å². The average Bonchev–Trinajstić information content (AvgIpc) is 2.48. The van der Waals surface area contributed by atoms with Gasteiger partial charge in [-0.1, -0.05) is 23.4 Å². The number of nitrogens with one attached hydrogen (secondary N) is 1. The van der Waals surface area contributed by atoms with Gasteiger partial charge < -0.3 is 16.3 Å². The van der Waals surface area contributed by atoms with Crippen molar-refractivity contribution in [2.45, 2.75) is 0 Å². The van der Waals surface area contributed by atoms with E-state index in [0.29, 0.717) is 16.8 Å². The lowest BCUT2D eigenvalue weighted by atomic mass is 10.1. The molecule has 0 bridgehead atoms. The fourth-order valence-corrected chi connectivity index (χ4v) is 1.57. The number of anilines is 1. The molecule has 0 aliphatic carbocycles. The predicted molar refractivity (Wildman–Crippen MR) is 73.3 cm³/mol. The molecule has 0 saturated carbocycles. The van der Waals surface area contributed by atoms with Gasteiger partial charge in [-0.2, -0.15) is 0 Å². The first-order chi connectivity index (χ1) is 9.20. The summed E-state index contributed by atoms with van der Waals surface area (Å²) in [7, 11) is 0. The maximum atomic E-state index is 11.9. The molecule has 19 heavy (non-hydrogen) atoms. The smallest absolute Gasteiger partial charge is 0.255 e. The lowest BCUT2D eigenvalue weighted by Gasteiger charge is -2.06. The van der Waals surface area contributed by atoms with Gasteiger partial charge in [-0.05, 0) is 36.4 Å². The highest BCUT2D eigenvalue weighted by Gasteiger charge is 2.05. The monoisotopic (exact) mass is 255 g/mol. The van der Waals surface area contributed by atoms with Crippen LogP contribution in [0.25, 0.3) is 0 Å². The number of rotatable bonds is 3. The van der Waals surface area contributed by atoms with Gasteiger partial charge in [0.15, 0.2) is 5.84 Å². The molecule has 96 valence electrons. The van der Waals surface area contributed by atoms with Crippen LogP contribution in [0, 0.1) is 0 Å². The highest BCUT2D eigenvalue weighted by molar-refractivity contribution is 6.04. The zero-order chi connectivity index (χ0) is 13.7. The molecule has 4 N–H and O–H groups in total. The van der Waals surface area contributed by atoms with Crippen molar-refractivity contribution in [3.05, 3.63) is 65.7 Å². The number of nitrogens with two attached hydrogens (primary N) is 1. The Balaban J connectivity index is 2.10. The Hall–Kier alpha value is -2.82. The Kier molecular flexibility index (Phi) is 3.78. The zero-order valence-electron chi connectivity index (χ0n) is 10.1. The largest absolute Gasteiger partial charge is 0.409 e. The van der Waals surface area contributed by atoms with Gasteiger partial charge in [0, 0.05) is 16.8 Å². The standard InChI is InChI=1S/C14H13N3O2/c15-13(17-19)10-6-8-12(9-7-10)16-14(18)11-4-2-1-3-5-11/h1-9,19H,(H2,15,17)(H,16,18). The van der Waals surface area contributed by atoms with E-state index in [1.54, 1.807) is 48.5 Å². The third-order valence-electron chi connectivity index (χ3n) is 2.58. The summed E-state index contributed by atoms with van der Waals surface area (Å²) in [6.45, 7) is 0. The molecule has 2 rings (SSSR count). The topological polar surface area (TPSA) is 87.7 Å². The first-order valence-corrected chi connectivity index (χ1v) is 5.65. The third kappa shape index (κ3) is 3.10. The van der Waals surface area contributed by atoms with Crippen LogP contribution in [-0.4, -0.2) is 17.0 Å². The van der Waals surface area contributed by atoms with Crippen LogP contribution in [0.1, 0.15) is 15.9 Å². The van der Waals surface area contributed by atoms with Crippen molar-refractivity contribution in [3.8, 4) is 0 Å². The SMILES string of the molecule is N/C(=N/O)c1ccc(NC(=O)c2ccccc2)cc1.